The van der Waals surface area contributed by atoms with E-state index in [0.29, 0.717) is 5.92 Å². The average Bonchev–Trinajstić information content (AvgIpc) is 2.84. The minimum atomic E-state index is -3.74. The maximum atomic E-state index is 12.2. The van der Waals surface area contributed by atoms with Gasteiger partial charge < -0.3 is 5.43 Å². The second kappa shape index (κ2) is 6.33. The minimum Gasteiger partial charge on any atom is -0.308 e. The molecule has 0 bridgehead atoms. The Hall–Kier alpha value is -1.78. The van der Waals surface area contributed by atoms with E-state index in [4.69, 9.17) is 5.84 Å². The zero-order valence-electron chi connectivity index (χ0n) is 11.6. The van der Waals surface area contributed by atoms with Gasteiger partial charge in [0, 0.05) is 18.7 Å². The van der Waals surface area contributed by atoms with Crippen molar-refractivity contribution in [1.29, 1.82) is 0 Å². The van der Waals surface area contributed by atoms with Crippen LogP contribution < -0.4 is 16.0 Å². The average molecular weight is 328 g/mol. The van der Waals surface area contributed by atoms with Crippen molar-refractivity contribution < 1.29 is 8.42 Å². The number of aromatic nitrogens is 3. The molecule has 2 aromatic heterocycles. The smallest absolute Gasteiger partial charge is 0.263 e. The predicted octanol–water partition coefficient (Wildman–Crippen LogP) is 1.22. The van der Waals surface area contributed by atoms with Gasteiger partial charge in [0.25, 0.3) is 10.0 Å². The molecule has 0 aliphatic carbocycles. The molecule has 0 amide bonds. The van der Waals surface area contributed by atoms with Crippen LogP contribution in [0, 0.1) is 5.92 Å². The Balaban J connectivity index is 2.18. The molecular formula is C11H16N6O2S2. The van der Waals surface area contributed by atoms with Crippen LogP contribution in [0.5, 0.6) is 0 Å². The van der Waals surface area contributed by atoms with E-state index in [1.54, 1.807) is 0 Å². The fraction of sp³-hybridized carbons (Fsp3) is 0.364. The minimum absolute atomic E-state index is 0.0473. The molecule has 4 N–H and O–H groups in total. The van der Waals surface area contributed by atoms with E-state index in [1.807, 2.05) is 0 Å². The molecule has 21 heavy (non-hydrogen) atoms. The topological polar surface area (TPSA) is 123 Å². The number of pyridine rings is 1. The summed E-state index contributed by atoms with van der Waals surface area (Å²) in [7, 11) is -3.74. The summed E-state index contributed by atoms with van der Waals surface area (Å²) in [5, 5.41) is 8.84. The number of nitrogens with two attached hydrogens (primary N) is 1. The molecule has 2 heterocycles. The van der Waals surface area contributed by atoms with Gasteiger partial charge in [-0.05, 0) is 12.0 Å². The zero-order valence-corrected chi connectivity index (χ0v) is 13.2. The van der Waals surface area contributed by atoms with Gasteiger partial charge in [-0.25, -0.2) is 19.2 Å². The number of hydrazine groups is 1. The Kier molecular flexibility index (Phi) is 4.70. The Morgan fingerprint density at radius 2 is 2.14 bits per heavy atom. The highest BCUT2D eigenvalue weighted by Gasteiger charge is 2.17. The first-order chi connectivity index (χ1) is 9.90. The highest BCUT2D eigenvalue weighted by Crippen LogP contribution is 2.22. The van der Waals surface area contributed by atoms with Crippen molar-refractivity contribution >= 4 is 32.3 Å². The van der Waals surface area contributed by atoms with E-state index in [0.717, 1.165) is 11.4 Å². The van der Waals surface area contributed by atoms with E-state index < -0.39 is 10.0 Å². The molecular weight excluding hydrogens is 312 g/mol. The monoisotopic (exact) mass is 328 g/mol. The van der Waals surface area contributed by atoms with Crippen molar-refractivity contribution in [3.8, 4) is 0 Å². The normalized spacial score (nSPS) is 11.6. The van der Waals surface area contributed by atoms with Gasteiger partial charge in [0.05, 0.1) is 4.90 Å². The van der Waals surface area contributed by atoms with Crippen molar-refractivity contribution in [2.45, 2.75) is 25.2 Å². The molecule has 0 aromatic carbocycles. The predicted molar refractivity (Wildman–Crippen MR) is 81.3 cm³/mol. The molecule has 0 radical (unpaired) electrons. The van der Waals surface area contributed by atoms with Gasteiger partial charge in [0.15, 0.2) is 0 Å². The quantitative estimate of drug-likeness (QED) is 0.538. The molecule has 2 rings (SSSR count). The molecule has 0 aliphatic rings. The van der Waals surface area contributed by atoms with Crippen LogP contribution in [0.4, 0.5) is 10.9 Å². The third kappa shape index (κ3) is 4.09. The number of rotatable bonds is 6. The Morgan fingerprint density at radius 3 is 2.81 bits per heavy atom. The summed E-state index contributed by atoms with van der Waals surface area (Å²) < 4.78 is 26.9. The molecule has 10 heteroatoms. The van der Waals surface area contributed by atoms with Gasteiger partial charge in [0.1, 0.15) is 10.8 Å². The summed E-state index contributed by atoms with van der Waals surface area (Å²) in [6.07, 6.45) is 2.12. The van der Waals surface area contributed by atoms with E-state index in [-0.39, 0.29) is 15.8 Å². The van der Waals surface area contributed by atoms with Crippen LogP contribution in [-0.4, -0.2) is 23.6 Å². The lowest BCUT2D eigenvalue weighted by Crippen LogP contribution is -2.14. The maximum Gasteiger partial charge on any atom is 0.263 e. The molecule has 0 saturated heterocycles. The molecule has 0 aliphatic heterocycles. The third-order valence-electron chi connectivity index (χ3n) is 2.46. The van der Waals surface area contributed by atoms with E-state index in [1.165, 1.54) is 29.7 Å². The number of nitrogen functional groups attached to an aromatic ring is 1. The van der Waals surface area contributed by atoms with E-state index in [9.17, 15) is 8.42 Å². The molecule has 0 fully saturated rings. The summed E-state index contributed by atoms with van der Waals surface area (Å²) in [5.74, 6) is 5.91. The second-order valence-corrected chi connectivity index (χ2v) is 7.47. The van der Waals surface area contributed by atoms with Gasteiger partial charge in [-0.2, -0.15) is 0 Å². The van der Waals surface area contributed by atoms with Crippen LogP contribution in [0.1, 0.15) is 18.9 Å². The van der Waals surface area contributed by atoms with Crippen molar-refractivity contribution in [2.24, 2.45) is 11.8 Å². The van der Waals surface area contributed by atoms with Gasteiger partial charge in [-0.15, -0.1) is 10.2 Å². The van der Waals surface area contributed by atoms with Gasteiger partial charge >= 0.3 is 0 Å². The number of anilines is 2. The molecule has 114 valence electrons. The fourth-order valence-corrected chi connectivity index (χ4v) is 3.75. The van der Waals surface area contributed by atoms with Crippen molar-refractivity contribution in [3.05, 3.63) is 23.3 Å². The van der Waals surface area contributed by atoms with Gasteiger partial charge in [-0.3, -0.25) is 4.72 Å². The Labute approximate surface area is 126 Å². The number of sulfonamides is 1. The molecule has 0 atom stereocenters. The summed E-state index contributed by atoms with van der Waals surface area (Å²) in [4.78, 5) is 3.91. The lowest BCUT2D eigenvalue weighted by molar-refractivity contribution is 0.601. The summed E-state index contributed by atoms with van der Waals surface area (Å²) in [5.41, 5.74) is 2.30. The van der Waals surface area contributed by atoms with Gasteiger partial charge in [0.2, 0.25) is 5.13 Å². The second-order valence-electron chi connectivity index (χ2n) is 4.73. The molecule has 0 spiro atoms. The number of hydrogen-bond donors (Lipinski definition) is 3. The van der Waals surface area contributed by atoms with Crippen LogP contribution >= 0.6 is 11.3 Å². The van der Waals surface area contributed by atoms with Crippen LogP contribution in [-0.2, 0) is 16.4 Å². The maximum absolute atomic E-state index is 12.2. The summed E-state index contributed by atoms with van der Waals surface area (Å²) >= 11 is 1.22. The SMILES string of the molecule is CC(C)Cc1nnc(NS(=O)(=O)c2ccnc(NN)c2)s1. The summed E-state index contributed by atoms with van der Waals surface area (Å²) in [6.45, 7) is 4.12. The lowest BCUT2D eigenvalue weighted by Gasteiger charge is -2.05. The van der Waals surface area contributed by atoms with Crippen LogP contribution in [0.15, 0.2) is 23.2 Å². The van der Waals surface area contributed by atoms with Crippen LogP contribution in [0.2, 0.25) is 0 Å². The van der Waals surface area contributed by atoms with E-state index in [2.05, 4.69) is 39.2 Å². The van der Waals surface area contributed by atoms with Crippen LogP contribution in [0.3, 0.4) is 0 Å². The lowest BCUT2D eigenvalue weighted by atomic mass is 10.1. The fourth-order valence-electron chi connectivity index (χ4n) is 1.56. The highest BCUT2D eigenvalue weighted by molar-refractivity contribution is 7.93. The third-order valence-corrected chi connectivity index (χ3v) is 4.79. The first-order valence-corrected chi connectivity index (χ1v) is 8.48. The van der Waals surface area contributed by atoms with E-state index >= 15 is 0 Å². The van der Waals surface area contributed by atoms with Crippen LogP contribution in [0.25, 0.3) is 0 Å². The van der Waals surface area contributed by atoms with Crippen molar-refractivity contribution in [3.63, 3.8) is 0 Å². The first kappa shape index (κ1) is 15.6. The van der Waals surface area contributed by atoms with Crippen molar-refractivity contribution in [2.75, 3.05) is 10.1 Å². The Bertz CT molecular complexity index is 713. The number of nitrogens with zero attached hydrogens (tertiary/aromatic N) is 3. The molecule has 2 aromatic rings. The summed E-state index contributed by atoms with van der Waals surface area (Å²) in [6, 6.07) is 2.71. The zero-order chi connectivity index (χ0) is 15.5. The largest absolute Gasteiger partial charge is 0.308 e. The van der Waals surface area contributed by atoms with Gasteiger partial charge in [-0.1, -0.05) is 25.2 Å². The molecule has 0 unspecified atom stereocenters. The number of nitrogens with one attached hydrogen (secondary N) is 2. The van der Waals surface area contributed by atoms with Crippen molar-refractivity contribution in [1.82, 2.24) is 15.2 Å². The standard InChI is InChI=1S/C11H16N6O2S2/c1-7(2)5-10-15-16-11(20-10)17-21(18,19)8-3-4-13-9(6-8)14-12/h3-4,6-7H,5,12H2,1-2H3,(H,13,14)(H,16,17). The molecule has 8 nitrogen and oxygen atoms in total. The highest BCUT2D eigenvalue weighted by atomic mass is 32.2. The molecule has 0 saturated carbocycles. The number of hydrogen-bond acceptors (Lipinski definition) is 8. The Morgan fingerprint density at radius 1 is 1.38 bits per heavy atom. The first-order valence-electron chi connectivity index (χ1n) is 6.18.